The molecule has 0 radical (unpaired) electrons. The van der Waals surface area contributed by atoms with E-state index in [0.717, 1.165) is 4.57 Å². The number of rotatable bonds is 5. The molecule has 0 saturated carbocycles. The molecule has 0 amide bonds. The summed E-state index contributed by atoms with van der Waals surface area (Å²) in [6.07, 6.45) is 0. The van der Waals surface area contributed by atoms with Crippen molar-refractivity contribution in [1.29, 1.82) is 0 Å². The summed E-state index contributed by atoms with van der Waals surface area (Å²) in [6, 6.07) is 11.9. The van der Waals surface area contributed by atoms with E-state index in [2.05, 4.69) is 31.3 Å². The molecule has 5 nitrogen and oxygen atoms in total. The zero-order chi connectivity index (χ0) is 16.3. The minimum absolute atomic E-state index is 0.167. The summed E-state index contributed by atoms with van der Waals surface area (Å²) in [6.45, 7) is 4.76. The maximum absolute atomic E-state index is 12.0. The van der Waals surface area contributed by atoms with E-state index in [9.17, 15) is 9.59 Å². The molecule has 1 heterocycles. The van der Waals surface area contributed by atoms with Gasteiger partial charge in [-0.15, -0.1) is 0 Å². The van der Waals surface area contributed by atoms with Crippen LogP contribution in [-0.4, -0.2) is 9.13 Å². The van der Waals surface area contributed by atoms with E-state index in [4.69, 9.17) is 0 Å². The van der Waals surface area contributed by atoms with Crippen LogP contribution < -0.4 is 16.6 Å². The number of nitrogens with zero attached hydrogens (tertiary/aromatic N) is 2. The highest BCUT2D eigenvalue weighted by Gasteiger charge is 2.16. The van der Waals surface area contributed by atoms with Crippen molar-refractivity contribution in [1.82, 2.24) is 14.5 Å². The Balaban J connectivity index is 2.25. The Morgan fingerprint density at radius 2 is 1.68 bits per heavy atom. The van der Waals surface area contributed by atoms with Crippen LogP contribution in [0.3, 0.4) is 0 Å². The molecule has 0 bridgehead atoms. The SMILES string of the molecule is CC(C)[C@H](NCc1cc(=O)n(C)c(=O)n1C)c1ccccc1. The molecule has 0 unspecified atom stereocenters. The smallest absolute Gasteiger partial charge is 0.304 e. The predicted molar refractivity (Wildman–Crippen MR) is 87.8 cm³/mol. The first-order chi connectivity index (χ1) is 10.4. The lowest BCUT2D eigenvalue weighted by Crippen LogP contribution is -2.39. The first kappa shape index (κ1) is 16.2. The van der Waals surface area contributed by atoms with Gasteiger partial charge in [0.05, 0.1) is 0 Å². The van der Waals surface area contributed by atoms with Crippen LogP contribution in [-0.2, 0) is 20.6 Å². The van der Waals surface area contributed by atoms with Gasteiger partial charge < -0.3 is 5.32 Å². The van der Waals surface area contributed by atoms with E-state index < -0.39 is 0 Å². The molecule has 1 aromatic heterocycles. The molecule has 0 aliphatic heterocycles. The third-order valence-electron chi connectivity index (χ3n) is 3.95. The molecule has 118 valence electrons. The molecule has 5 heteroatoms. The van der Waals surface area contributed by atoms with Gasteiger partial charge >= 0.3 is 5.69 Å². The van der Waals surface area contributed by atoms with E-state index in [-0.39, 0.29) is 17.3 Å². The summed E-state index contributed by atoms with van der Waals surface area (Å²) in [5.41, 5.74) is 1.31. The van der Waals surface area contributed by atoms with Gasteiger partial charge in [-0.1, -0.05) is 44.2 Å². The number of aromatic nitrogens is 2. The Kier molecular flexibility index (Phi) is 4.98. The van der Waals surface area contributed by atoms with Crippen molar-refractivity contribution in [2.75, 3.05) is 0 Å². The maximum Gasteiger partial charge on any atom is 0.330 e. The van der Waals surface area contributed by atoms with Gasteiger partial charge in [0.1, 0.15) is 0 Å². The van der Waals surface area contributed by atoms with Gasteiger partial charge in [-0.3, -0.25) is 13.9 Å². The Hall–Kier alpha value is -2.14. The third-order valence-corrected chi connectivity index (χ3v) is 3.95. The van der Waals surface area contributed by atoms with Crippen molar-refractivity contribution in [2.24, 2.45) is 20.0 Å². The molecular formula is C17H23N3O2. The molecule has 0 aliphatic carbocycles. The van der Waals surface area contributed by atoms with E-state index >= 15 is 0 Å². The predicted octanol–water partition coefficient (Wildman–Crippen LogP) is 1.57. The largest absolute Gasteiger partial charge is 0.330 e. The topological polar surface area (TPSA) is 56.0 Å². The van der Waals surface area contributed by atoms with Crippen LogP contribution in [0.15, 0.2) is 46.0 Å². The molecule has 22 heavy (non-hydrogen) atoms. The van der Waals surface area contributed by atoms with Gasteiger partial charge in [0.15, 0.2) is 0 Å². The summed E-state index contributed by atoms with van der Waals surface area (Å²) >= 11 is 0. The Morgan fingerprint density at radius 3 is 2.27 bits per heavy atom. The fourth-order valence-corrected chi connectivity index (χ4v) is 2.56. The van der Waals surface area contributed by atoms with Gasteiger partial charge in [0.25, 0.3) is 5.56 Å². The van der Waals surface area contributed by atoms with E-state index in [1.807, 2.05) is 18.2 Å². The van der Waals surface area contributed by atoms with Gasteiger partial charge in [-0.2, -0.15) is 0 Å². The molecule has 0 saturated heterocycles. The molecule has 2 aromatic rings. The Morgan fingerprint density at radius 1 is 1.05 bits per heavy atom. The van der Waals surface area contributed by atoms with E-state index in [1.165, 1.54) is 23.2 Å². The summed E-state index contributed by atoms with van der Waals surface area (Å²) in [5.74, 6) is 0.394. The molecule has 0 spiro atoms. The van der Waals surface area contributed by atoms with E-state index in [0.29, 0.717) is 18.2 Å². The molecule has 2 rings (SSSR count). The van der Waals surface area contributed by atoms with E-state index in [1.54, 1.807) is 7.05 Å². The van der Waals surface area contributed by atoms with Crippen LogP contribution in [0.4, 0.5) is 0 Å². The average molecular weight is 301 g/mol. The number of hydrogen-bond acceptors (Lipinski definition) is 3. The molecule has 1 aromatic carbocycles. The summed E-state index contributed by atoms with van der Waals surface area (Å²) in [5, 5.41) is 3.46. The maximum atomic E-state index is 12.0. The van der Waals surface area contributed by atoms with Gasteiger partial charge in [0.2, 0.25) is 0 Å². The molecular weight excluding hydrogens is 278 g/mol. The first-order valence-electron chi connectivity index (χ1n) is 7.46. The molecule has 1 atom stereocenters. The van der Waals surface area contributed by atoms with Crippen molar-refractivity contribution < 1.29 is 0 Å². The monoisotopic (exact) mass is 301 g/mol. The average Bonchev–Trinajstić information content (AvgIpc) is 2.51. The van der Waals surface area contributed by atoms with Gasteiger partial charge in [0, 0.05) is 38.4 Å². The molecule has 0 fully saturated rings. The van der Waals surface area contributed by atoms with Crippen LogP contribution >= 0.6 is 0 Å². The second-order valence-electron chi connectivity index (χ2n) is 5.89. The normalized spacial score (nSPS) is 12.6. The van der Waals surface area contributed by atoms with Crippen LogP contribution in [0.5, 0.6) is 0 Å². The van der Waals surface area contributed by atoms with Crippen LogP contribution in [0.2, 0.25) is 0 Å². The fraction of sp³-hybridized carbons (Fsp3) is 0.412. The number of benzene rings is 1. The highest BCUT2D eigenvalue weighted by atomic mass is 16.2. The van der Waals surface area contributed by atoms with Crippen LogP contribution in [0, 0.1) is 5.92 Å². The van der Waals surface area contributed by atoms with Crippen molar-refractivity contribution in [3.8, 4) is 0 Å². The standard InChI is InChI=1S/C17H23N3O2/c1-12(2)16(13-8-6-5-7-9-13)18-11-14-10-15(21)20(4)17(22)19(14)3/h5-10,12,16,18H,11H2,1-4H3/t16-/m0/s1. The second-order valence-corrected chi connectivity index (χ2v) is 5.89. The highest BCUT2D eigenvalue weighted by molar-refractivity contribution is 5.19. The summed E-state index contributed by atoms with van der Waals surface area (Å²) < 4.78 is 2.62. The van der Waals surface area contributed by atoms with Crippen molar-refractivity contribution in [2.45, 2.75) is 26.4 Å². The second kappa shape index (κ2) is 6.75. The van der Waals surface area contributed by atoms with Crippen molar-refractivity contribution in [3.63, 3.8) is 0 Å². The lowest BCUT2D eigenvalue weighted by atomic mass is 9.96. The first-order valence-corrected chi connectivity index (χ1v) is 7.46. The van der Waals surface area contributed by atoms with Crippen molar-refractivity contribution >= 4 is 0 Å². The Labute approximate surface area is 130 Å². The minimum atomic E-state index is -0.301. The lowest BCUT2D eigenvalue weighted by Gasteiger charge is -2.23. The zero-order valence-electron chi connectivity index (χ0n) is 13.5. The summed E-state index contributed by atoms with van der Waals surface area (Å²) in [7, 11) is 3.18. The van der Waals surface area contributed by atoms with Crippen LogP contribution in [0.1, 0.15) is 31.1 Å². The van der Waals surface area contributed by atoms with Gasteiger partial charge in [-0.25, -0.2) is 4.79 Å². The lowest BCUT2D eigenvalue weighted by molar-refractivity contribution is 0.403. The molecule has 1 N–H and O–H groups in total. The number of hydrogen-bond donors (Lipinski definition) is 1. The van der Waals surface area contributed by atoms with Crippen LogP contribution in [0.25, 0.3) is 0 Å². The fourth-order valence-electron chi connectivity index (χ4n) is 2.56. The number of nitrogens with one attached hydrogen (secondary N) is 1. The zero-order valence-corrected chi connectivity index (χ0v) is 13.5. The quantitative estimate of drug-likeness (QED) is 0.912. The summed E-state index contributed by atoms with van der Waals surface area (Å²) in [4.78, 5) is 23.7. The van der Waals surface area contributed by atoms with Crippen molar-refractivity contribution in [3.05, 3.63) is 68.5 Å². The highest BCUT2D eigenvalue weighted by Crippen LogP contribution is 2.21. The third kappa shape index (κ3) is 3.36. The van der Waals surface area contributed by atoms with Gasteiger partial charge in [-0.05, 0) is 11.5 Å². The minimum Gasteiger partial charge on any atom is -0.304 e. The molecule has 0 aliphatic rings. The Bertz CT molecular complexity index is 745.